The van der Waals surface area contributed by atoms with Gasteiger partial charge in [-0.15, -0.1) is 0 Å². The van der Waals surface area contributed by atoms with Gasteiger partial charge in [0.1, 0.15) is 23.8 Å². The van der Waals surface area contributed by atoms with Gasteiger partial charge in [-0.05, 0) is 43.2 Å². The van der Waals surface area contributed by atoms with E-state index in [0.717, 1.165) is 50.7 Å². The molecule has 0 fully saturated rings. The van der Waals surface area contributed by atoms with Crippen LogP contribution in [0.25, 0.3) is 22.0 Å². The lowest BCUT2D eigenvalue weighted by molar-refractivity contribution is 0.877. The Balaban J connectivity index is 1.54. The van der Waals surface area contributed by atoms with Crippen LogP contribution in [0.15, 0.2) is 85.5 Å². The Morgan fingerprint density at radius 2 is 1.60 bits per heavy atom. The maximum atomic E-state index is 4.66. The zero-order valence-electron chi connectivity index (χ0n) is 19.9. The van der Waals surface area contributed by atoms with Gasteiger partial charge in [0.15, 0.2) is 0 Å². The maximum Gasteiger partial charge on any atom is 0.139 e. The van der Waals surface area contributed by atoms with Crippen molar-refractivity contribution in [1.82, 2.24) is 19.9 Å². The fourth-order valence-electron chi connectivity index (χ4n) is 4.15. The van der Waals surface area contributed by atoms with Gasteiger partial charge >= 0.3 is 0 Å². The van der Waals surface area contributed by atoms with Crippen molar-refractivity contribution in [2.24, 2.45) is 0 Å². The third-order valence-corrected chi connectivity index (χ3v) is 6.06. The van der Waals surface area contributed by atoms with E-state index in [1.54, 1.807) is 12.5 Å². The average Bonchev–Trinajstić information content (AvgIpc) is 2.91. The summed E-state index contributed by atoms with van der Waals surface area (Å²) >= 11 is 0. The second kappa shape index (κ2) is 9.77. The van der Waals surface area contributed by atoms with Crippen LogP contribution in [0, 0.1) is 6.92 Å². The summed E-state index contributed by atoms with van der Waals surface area (Å²) in [6, 6.07) is 22.6. The molecule has 7 heteroatoms. The van der Waals surface area contributed by atoms with Crippen LogP contribution in [0.4, 0.5) is 23.1 Å². The number of nitrogens with zero attached hydrogens (tertiary/aromatic N) is 4. The number of fused-ring (bicyclic) bond motifs is 1. The van der Waals surface area contributed by atoms with E-state index in [1.807, 2.05) is 43.6 Å². The first-order valence-electron chi connectivity index (χ1n) is 11.6. The summed E-state index contributed by atoms with van der Waals surface area (Å²) in [5, 5.41) is 12.3. The Morgan fingerprint density at radius 1 is 0.771 bits per heavy atom. The molecule has 0 spiro atoms. The summed E-state index contributed by atoms with van der Waals surface area (Å²) in [5.74, 6) is 2.32. The van der Waals surface area contributed by atoms with Gasteiger partial charge in [-0.1, -0.05) is 42.5 Å². The van der Waals surface area contributed by atoms with E-state index < -0.39 is 0 Å². The van der Waals surface area contributed by atoms with Gasteiger partial charge in [0.05, 0.1) is 11.4 Å². The first-order chi connectivity index (χ1) is 17.1. The van der Waals surface area contributed by atoms with E-state index in [2.05, 4.69) is 86.1 Å². The molecule has 0 unspecified atom stereocenters. The van der Waals surface area contributed by atoms with Crippen LogP contribution in [0.1, 0.15) is 24.1 Å². The zero-order valence-corrected chi connectivity index (χ0v) is 19.9. The third-order valence-electron chi connectivity index (χ3n) is 6.06. The molecular formula is C28H27N7. The number of hydrogen-bond donors (Lipinski definition) is 3. The summed E-state index contributed by atoms with van der Waals surface area (Å²) in [6.07, 6.45) is 5.18. The molecular weight excluding hydrogens is 434 g/mol. The normalized spacial score (nSPS) is 11.7. The molecule has 1 atom stereocenters. The van der Waals surface area contributed by atoms with Crippen molar-refractivity contribution in [2.45, 2.75) is 19.9 Å². The minimum absolute atomic E-state index is 0.119. The van der Waals surface area contributed by atoms with Crippen molar-refractivity contribution >= 4 is 33.9 Å². The second-order valence-electron chi connectivity index (χ2n) is 8.35. The fourth-order valence-corrected chi connectivity index (χ4v) is 4.15. The topological polar surface area (TPSA) is 87.7 Å². The molecule has 0 aliphatic heterocycles. The molecule has 35 heavy (non-hydrogen) atoms. The summed E-state index contributed by atoms with van der Waals surface area (Å²) in [7, 11) is 1.84. The molecule has 3 N–H and O–H groups in total. The smallest absolute Gasteiger partial charge is 0.139 e. The molecule has 0 aliphatic carbocycles. The Labute approximate surface area is 204 Å². The monoisotopic (exact) mass is 461 g/mol. The van der Waals surface area contributed by atoms with Gasteiger partial charge in [0, 0.05) is 47.9 Å². The van der Waals surface area contributed by atoms with Crippen LogP contribution in [0.5, 0.6) is 0 Å². The number of pyridine rings is 2. The van der Waals surface area contributed by atoms with Crippen molar-refractivity contribution in [3.05, 3.63) is 96.6 Å². The van der Waals surface area contributed by atoms with Crippen molar-refractivity contribution in [1.29, 1.82) is 0 Å². The molecule has 0 radical (unpaired) electrons. The lowest BCUT2D eigenvalue weighted by Crippen LogP contribution is -2.08. The van der Waals surface area contributed by atoms with Crippen LogP contribution in [-0.4, -0.2) is 27.0 Å². The fraction of sp³-hybridized carbons (Fsp3) is 0.143. The highest BCUT2D eigenvalue weighted by atomic mass is 15.0. The molecule has 174 valence electrons. The van der Waals surface area contributed by atoms with Gasteiger partial charge in [-0.2, -0.15) is 0 Å². The van der Waals surface area contributed by atoms with Crippen molar-refractivity contribution < 1.29 is 0 Å². The number of nitrogens with one attached hydrogen (secondary N) is 3. The first-order valence-corrected chi connectivity index (χ1v) is 11.6. The highest BCUT2D eigenvalue weighted by Crippen LogP contribution is 2.36. The molecule has 0 aliphatic rings. The molecule has 5 rings (SSSR count). The van der Waals surface area contributed by atoms with Gasteiger partial charge in [-0.25, -0.2) is 19.9 Å². The van der Waals surface area contributed by atoms with Crippen LogP contribution in [0.2, 0.25) is 0 Å². The summed E-state index contributed by atoms with van der Waals surface area (Å²) in [4.78, 5) is 18.0. The Hall–Kier alpha value is -4.52. The molecule has 3 aromatic heterocycles. The van der Waals surface area contributed by atoms with E-state index >= 15 is 0 Å². The maximum absolute atomic E-state index is 4.66. The third kappa shape index (κ3) is 4.61. The second-order valence-corrected chi connectivity index (χ2v) is 8.35. The lowest BCUT2D eigenvalue weighted by atomic mass is 10.0. The van der Waals surface area contributed by atoms with Crippen molar-refractivity contribution in [2.75, 3.05) is 23.0 Å². The summed E-state index contributed by atoms with van der Waals surface area (Å²) < 4.78 is 0. The van der Waals surface area contributed by atoms with Gasteiger partial charge < -0.3 is 16.0 Å². The Kier molecular flexibility index (Phi) is 6.22. The van der Waals surface area contributed by atoms with Crippen LogP contribution in [-0.2, 0) is 0 Å². The number of anilines is 4. The number of rotatable bonds is 7. The molecule has 7 nitrogen and oxygen atoms in total. The minimum atomic E-state index is 0.119. The highest BCUT2D eigenvalue weighted by molar-refractivity contribution is 6.02. The van der Waals surface area contributed by atoms with E-state index in [0.29, 0.717) is 0 Å². The van der Waals surface area contributed by atoms with Crippen LogP contribution >= 0.6 is 0 Å². The van der Waals surface area contributed by atoms with Gasteiger partial charge in [-0.3, -0.25) is 0 Å². The molecule has 0 saturated heterocycles. The Bertz CT molecular complexity index is 1470. The van der Waals surface area contributed by atoms with Crippen molar-refractivity contribution in [3.63, 3.8) is 0 Å². The SMILES string of the molecule is CNc1cc(-c2cccnc2Nc2c(C)ccc3c(N[C@@H](C)c4ccccc4)nccc23)ncn1. The number of aryl methyl sites for hydroxylation is 1. The minimum Gasteiger partial charge on any atom is -0.373 e. The molecule has 0 amide bonds. The number of benzene rings is 2. The quantitative estimate of drug-likeness (QED) is 0.260. The van der Waals surface area contributed by atoms with Crippen molar-refractivity contribution in [3.8, 4) is 11.3 Å². The predicted molar refractivity (Wildman–Crippen MR) is 143 cm³/mol. The van der Waals surface area contributed by atoms with Gasteiger partial charge in [0.25, 0.3) is 0 Å². The molecule has 0 bridgehead atoms. The zero-order chi connectivity index (χ0) is 24.2. The molecule has 2 aromatic carbocycles. The van der Waals surface area contributed by atoms with Crippen LogP contribution < -0.4 is 16.0 Å². The van der Waals surface area contributed by atoms with E-state index in [1.165, 1.54) is 5.56 Å². The van der Waals surface area contributed by atoms with Crippen LogP contribution in [0.3, 0.4) is 0 Å². The summed E-state index contributed by atoms with van der Waals surface area (Å²) in [5.41, 5.74) is 5.00. The Morgan fingerprint density at radius 3 is 2.43 bits per heavy atom. The largest absolute Gasteiger partial charge is 0.373 e. The first kappa shape index (κ1) is 22.3. The van der Waals surface area contributed by atoms with E-state index in [9.17, 15) is 0 Å². The number of hydrogen-bond acceptors (Lipinski definition) is 7. The predicted octanol–water partition coefficient (Wildman–Crippen LogP) is 6.35. The highest BCUT2D eigenvalue weighted by Gasteiger charge is 2.15. The lowest BCUT2D eigenvalue weighted by Gasteiger charge is -2.19. The molecule has 5 aromatic rings. The van der Waals surface area contributed by atoms with E-state index in [4.69, 9.17) is 0 Å². The standard InChI is InChI=1S/C28H27N7/c1-18-11-12-22-21(13-15-31-27(22)34-19(2)20-8-5-4-6-9-20)26(18)35-28-23(10-7-14-30-28)24-16-25(29-3)33-17-32-24/h4-17,19H,1-3H3,(H,30,35)(H,31,34)(H,29,32,33)/t19-/m0/s1. The molecule has 0 saturated carbocycles. The average molecular weight is 462 g/mol. The van der Waals surface area contributed by atoms with E-state index in [-0.39, 0.29) is 6.04 Å². The van der Waals surface area contributed by atoms with Gasteiger partial charge in [0.2, 0.25) is 0 Å². The molecule has 3 heterocycles. The number of aromatic nitrogens is 4. The summed E-state index contributed by atoms with van der Waals surface area (Å²) in [6.45, 7) is 4.23.